The van der Waals surface area contributed by atoms with Gasteiger partial charge in [0.15, 0.2) is 0 Å². The van der Waals surface area contributed by atoms with Gasteiger partial charge in [0, 0.05) is 24.2 Å². The highest BCUT2D eigenvalue weighted by Gasteiger charge is 2.15. The van der Waals surface area contributed by atoms with Gasteiger partial charge in [0.1, 0.15) is 5.75 Å². The molecule has 2 aromatic rings. The first-order valence-electron chi connectivity index (χ1n) is 8.93. The number of anilines is 2. The molecule has 2 aromatic carbocycles. The molecule has 2 N–H and O–H groups in total. The summed E-state index contributed by atoms with van der Waals surface area (Å²) in [5.74, 6) is 0.822. The Morgan fingerprint density at radius 3 is 2.65 bits per heavy atom. The molecule has 136 valence electrons. The predicted molar refractivity (Wildman–Crippen MR) is 103 cm³/mol. The first-order chi connectivity index (χ1) is 12.5. The van der Waals surface area contributed by atoms with Crippen LogP contribution in [0.2, 0.25) is 0 Å². The molecule has 0 radical (unpaired) electrons. The smallest absolute Gasteiger partial charge is 0.224 e. The lowest BCUT2D eigenvalue weighted by Crippen LogP contribution is -2.18. The van der Waals surface area contributed by atoms with Gasteiger partial charge in [-0.05, 0) is 73.7 Å². The second kappa shape index (κ2) is 8.04. The van der Waals surface area contributed by atoms with Crippen molar-refractivity contribution in [3.05, 3.63) is 53.1 Å². The number of nitrogens with one attached hydrogen (secondary N) is 2. The fraction of sp³-hybridized carbons (Fsp3) is 0.333. The number of aryl methyl sites for hydroxylation is 3. The Bertz CT molecular complexity index is 810. The highest BCUT2D eigenvalue weighted by atomic mass is 16.5. The van der Waals surface area contributed by atoms with E-state index in [4.69, 9.17) is 4.74 Å². The van der Waals surface area contributed by atoms with Crippen molar-refractivity contribution in [2.75, 3.05) is 17.2 Å². The summed E-state index contributed by atoms with van der Waals surface area (Å²) >= 11 is 0. The van der Waals surface area contributed by atoms with Gasteiger partial charge in [-0.1, -0.05) is 6.07 Å². The molecule has 1 aliphatic rings. The molecule has 0 spiro atoms. The van der Waals surface area contributed by atoms with Gasteiger partial charge in [-0.3, -0.25) is 9.59 Å². The van der Waals surface area contributed by atoms with Crippen LogP contribution in [0, 0.1) is 13.8 Å². The normalized spacial score (nSPS) is 12.9. The third kappa shape index (κ3) is 4.85. The summed E-state index contributed by atoms with van der Waals surface area (Å²) in [6.07, 6.45) is 2.30. The van der Waals surface area contributed by atoms with Gasteiger partial charge in [0.05, 0.1) is 6.61 Å². The standard InChI is InChI=1S/C21H24N2O3/c1-14-10-15(2)12-17(11-14)22-20(24)4-3-9-26-18-6-7-19-16(13-18)5-8-21(25)23-19/h6-7,10-13H,3-5,8-9H2,1-2H3,(H,22,24)(H,23,25). The Hall–Kier alpha value is -2.82. The van der Waals surface area contributed by atoms with E-state index in [1.54, 1.807) is 0 Å². The van der Waals surface area contributed by atoms with Gasteiger partial charge in [0.25, 0.3) is 0 Å². The van der Waals surface area contributed by atoms with E-state index in [1.165, 1.54) is 0 Å². The number of amides is 2. The minimum absolute atomic E-state index is 0.00764. The van der Waals surface area contributed by atoms with E-state index in [2.05, 4.69) is 16.7 Å². The average molecular weight is 352 g/mol. The van der Waals surface area contributed by atoms with Crippen LogP contribution in [0.3, 0.4) is 0 Å². The van der Waals surface area contributed by atoms with Gasteiger partial charge in [0.2, 0.25) is 11.8 Å². The molecule has 2 amide bonds. The predicted octanol–water partition coefficient (Wildman–Crippen LogP) is 3.99. The van der Waals surface area contributed by atoms with Crippen LogP contribution >= 0.6 is 0 Å². The van der Waals surface area contributed by atoms with Gasteiger partial charge in [-0.15, -0.1) is 0 Å². The van der Waals surface area contributed by atoms with E-state index >= 15 is 0 Å². The van der Waals surface area contributed by atoms with Crippen LogP contribution in [0.1, 0.15) is 36.0 Å². The molecule has 1 aliphatic heterocycles. The van der Waals surface area contributed by atoms with Crippen molar-refractivity contribution < 1.29 is 14.3 Å². The maximum absolute atomic E-state index is 12.1. The molecular formula is C21H24N2O3. The maximum Gasteiger partial charge on any atom is 0.224 e. The molecule has 0 bridgehead atoms. The van der Waals surface area contributed by atoms with Gasteiger partial charge in [-0.2, -0.15) is 0 Å². The topological polar surface area (TPSA) is 67.4 Å². The number of benzene rings is 2. The van der Waals surface area contributed by atoms with Crippen molar-refractivity contribution in [1.29, 1.82) is 0 Å². The maximum atomic E-state index is 12.1. The first kappa shape index (κ1) is 18.0. The minimum atomic E-state index is -0.00764. The summed E-state index contributed by atoms with van der Waals surface area (Å²) in [5.41, 5.74) is 5.06. The minimum Gasteiger partial charge on any atom is -0.494 e. The summed E-state index contributed by atoms with van der Waals surface area (Å²) in [5, 5.41) is 5.79. The second-order valence-electron chi connectivity index (χ2n) is 6.74. The van der Waals surface area contributed by atoms with E-state index in [-0.39, 0.29) is 11.8 Å². The first-order valence-corrected chi connectivity index (χ1v) is 8.93. The number of hydrogen-bond donors (Lipinski definition) is 2. The molecule has 0 saturated heterocycles. The fourth-order valence-corrected chi connectivity index (χ4v) is 3.14. The van der Waals surface area contributed by atoms with Crippen LogP contribution in [0.5, 0.6) is 5.75 Å². The highest BCUT2D eigenvalue weighted by Crippen LogP contribution is 2.26. The van der Waals surface area contributed by atoms with Gasteiger partial charge < -0.3 is 15.4 Å². The van der Waals surface area contributed by atoms with Gasteiger partial charge in [-0.25, -0.2) is 0 Å². The van der Waals surface area contributed by atoms with E-state index in [0.29, 0.717) is 25.9 Å². The summed E-state index contributed by atoms with van der Waals surface area (Å²) in [6.45, 7) is 4.51. The van der Waals surface area contributed by atoms with Crippen LogP contribution in [0.4, 0.5) is 11.4 Å². The van der Waals surface area contributed by atoms with Crippen LogP contribution in [-0.4, -0.2) is 18.4 Å². The SMILES string of the molecule is Cc1cc(C)cc(NC(=O)CCCOc2ccc3c(c2)CCC(=O)N3)c1. The molecule has 0 fully saturated rings. The van der Waals surface area contributed by atoms with Crippen LogP contribution < -0.4 is 15.4 Å². The summed E-state index contributed by atoms with van der Waals surface area (Å²) in [6, 6.07) is 11.7. The van der Waals surface area contributed by atoms with Crippen molar-refractivity contribution in [2.24, 2.45) is 0 Å². The molecule has 1 heterocycles. The third-order valence-corrected chi connectivity index (χ3v) is 4.29. The molecule has 3 rings (SSSR count). The molecular weight excluding hydrogens is 328 g/mol. The molecule has 5 nitrogen and oxygen atoms in total. The monoisotopic (exact) mass is 352 g/mol. The van der Waals surface area contributed by atoms with E-state index in [0.717, 1.165) is 40.2 Å². The number of carbonyl (C=O) groups is 2. The Morgan fingerprint density at radius 1 is 1.12 bits per heavy atom. The third-order valence-electron chi connectivity index (χ3n) is 4.29. The average Bonchev–Trinajstić information content (AvgIpc) is 2.58. The van der Waals surface area contributed by atoms with Crippen molar-refractivity contribution in [2.45, 2.75) is 39.5 Å². The highest BCUT2D eigenvalue weighted by molar-refractivity contribution is 5.94. The van der Waals surface area contributed by atoms with Crippen molar-refractivity contribution in [3.63, 3.8) is 0 Å². The van der Waals surface area contributed by atoms with Crippen molar-refractivity contribution >= 4 is 23.2 Å². The van der Waals surface area contributed by atoms with Crippen molar-refractivity contribution in [3.8, 4) is 5.75 Å². The zero-order valence-electron chi connectivity index (χ0n) is 15.2. The van der Waals surface area contributed by atoms with Crippen LogP contribution in [0.25, 0.3) is 0 Å². The van der Waals surface area contributed by atoms with E-state index in [1.807, 2.05) is 44.2 Å². The second-order valence-corrected chi connectivity index (χ2v) is 6.74. The lowest BCUT2D eigenvalue weighted by Gasteiger charge is -2.17. The van der Waals surface area contributed by atoms with Gasteiger partial charge >= 0.3 is 0 Å². The summed E-state index contributed by atoms with van der Waals surface area (Å²) in [4.78, 5) is 23.4. The number of fused-ring (bicyclic) bond motifs is 1. The molecule has 26 heavy (non-hydrogen) atoms. The number of carbonyl (C=O) groups excluding carboxylic acids is 2. The lowest BCUT2D eigenvalue weighted by atomic mass is 10.0. The van der Waals surface area contributed by atoms with E-state index < -0.39 is 0 Å². The zero-order valence-corrected chi connectivity index (χ0v) is 15.2. The molecule has 0 saturated carbocycles. The number of hydrogen-bond acceptors (Lipinski definition) is 3. The molecule has 0 aromatic heterocycles. The van der Waals surface area contributed by atoms with Crippen molar-refractivity contribution in [1.82, 2.24) is 0 Å². The Morgan fingerprint density at radius 2 is 1.88 bits per heavy atom. The Kier molecular flexibility index (Phi) is 5.56. The molecule has 0 unspecified atom stereocenters. The molecule has 5 heteroatoms. The van der Waals surface area contributed by atoms with E-state index in [9.17, 15) is 9.59 Å². The number of ether oxygens (including phenoxy) is 1. The largest absolute Gasteiger partial charge is 0.494 e. The number of rotatable bonds is 6. The summed E-state index contributed by atoms with van der Waals surface area (Å²) in [7, 11) is 0. The zero-order chi connectivity index (χ0) is 18.5. The quantitative estimate of drug-likeness (QED) is 0.773. The Balaban J connectivity index is 1.44. The molecule has 0 atom stereocenters. The lowest BCUT2D eigenvalue weighted by molar-refractivity contribution is -0.117. The fourth-order valence-electron chi connectivity index (χ4n) is 3.14. The van der Waals surface area contributed by atoms with Crippen LogP contribution in [-0.2, 0) is 16.0 Å². The van der Waals surface area contributed by atoms with Crippen LogP contribution in [0.15, 0.2) is 36.4 Å². The summed E-state index contributed by atoms with van der Waals surface area (Å²) < 4.78 is 5.75. The molecule has 0 aliphatic carbocycles. The Labute approximate surface area is 153 Å².